The third-order valence-electron chi connectivity index (χ3n) is 5.85. The van der Waals surface area contributed by atoms with Gasteiger partial charge in [0, 0.05) is 52.0 Å². The van der Waals surface area contributed by atoms with Crippen molar-refractivity contribution in [3.63, 3.8) is 0 Å². The van der Waals surface area contributed by atoms with Crippen LogP contribution in [0.3, 0.4) is 0 Å². The molecule has 1 N–H and O–H groups in total. The number of guanidine groups is 1. The van der Waals surface area contributed by atoms with Gasteiger partial charge < -0.3 is 19.7 Å². The van der Waals surface area contributed by atoms with E-state index in [2.05, 4.69) is 35.9 Å². The lowest BCUT2D eigenvalue weighted by molar-refractivity contribution is 0.00987. The van der Waals surface area contributed by atoms with Crippen LogP contribution >= 0.6 is 0 Å². The lowest BCUT2D eigenvalue weighted by Crippen LogP contribution is -2.48. The molecule has 0 spiro atoms. The highest BCUT2D eigenvalue weighted by atomic mass is 16.5. The zero-order chi connectivity index (χ0) is 19.5. The van der Waals surface area contributed by atoms with E-state index in [1.807, 2.05) is 0 Å². The second-order valence-corrected chi connectivity index (χ2v) is 8.03. The molecule has 0 aromatic carbocycles. The summed E-state index contributed by atoms with van der Waals surface area (Å²) < 4.78 is 11.1. The van der Waals surface area contributed by atoms with Crippen molar-refractivity contribution < 1.29 is 9.47 Å². The maximum Gasteiger partial charge on any atom is 0.193 e. The highest BCUT2D eigenvalue weighted by Gasteiger charge is 2.24. The third kappa shape index (κ3) is 7.59. The van der Waals surface area contributed by atoms with Crippen LogP contribution in [0.4, 0.5) is 0 Å². The first-order chi connectivity index (χ1) is 13.2. The van der Waals surface area contributed by atoms with Crippen molar-refractivity contribution in [1.82, 2.24) is 15.1 Å². The molecule has 2 fully saturated rings. The summed E-state index contributed by atoms with van der Waals surface area (Å²) in [6.45, 7) is 13.5. The molecule has 0 aromatic heterocycles. The maximum absolute atomic E-state index is 5.99. The largest absolute Gasteiger partial charge is 0.385 e. The fourth-order valence-corrected chi connectivity index (χ4v) is 4.21. The molecular formula is C21H42N4O2. The van der Waals surface area contributed by atoms with E-state index in [9.17, 15) is 0 Å². The van der Waals surface area contributed by atoms with Gasteiger partial charge in [-0.15, -0.1) is 0 Å². The van der Waals surface area contributed by atoms with E-state index in [1.165, 1.54) is 25.8 Å². The first-order valence-corrected chi connectivity index (χ1v) is 11.0. The molecule has 158 valence electrons. The van der Waals surface area contributed by atoms with Crippen LogP contribution in [0.2, 0.25) is 0 Å². The molecule has 0 aromatic rings. The standard InChI is InChI=1S/C21H42N4O2/c1-5-22-21(23-17-19(3)25-12-7-6-9-18(25)2)24-13-10-20(11-14-24)27-16-8-15-26-4/h18-20H,5-17H2,1-4H3,(H,22,23). The van der Waals surface area contributed by atoms with Gasteiger partial charge in [-0.3, -0.25) is 9.89 Å². The number of hydrogen-bond donors (Lipinski definition) is 1. The summed E-state index contributed by atoms with van der Waals surface area (Å²) in [5.74, 6) is 1.08. The van der Waals surface area contributed by atoms with Gasteiger partial charge in [0.15, 0.2) is 5.96 Å². The second-order valence-electron chi connectivity index (χ2n) is 8.03. The minimum atomic E-state index is 0.383. The van der Waals surface area contributed by atoms with E-state index < -0.39 is 0 Å². The van der Waals surface area contributed by atoms with E-state index in [4.69, 9.17) is 14.5 Å². The first-order valence-electron chi connectivity index (χ1n) is 11.0. The number of piperidine rings is 2. The highest BCUT2D eigenvalue weighted by molar-refractivity contribution is 5.80. The molecule has 0 aliphatic carbocycles. The van der Waals surface area contributed by atoms with Crippen molar-refractivity contribution in [3.05, 3.63) is 0 Å². The molecule has 2 saturated heterocycles. The zero-order valence-corrected chi connectivity index (χ0v) is 18.1. The lowest BCUT2D eigenvalue weighted by Gasteiger charge is -2.38. The Morgan fingerprint density at radius 1 is 1.15 bits per heavy atom. The Morgan fingerprint density at radius 2 is 1.93 bits per heavy atom. The predicted octanol–water partition coefficient (Wildman–Crippen LogP) is 2.73. The number of hydrogen-bond acceptors (Lipinski definition) is 4. The van der Waals surface area contributed by atoms with Gasteiger partial charge in [-0.1, -0.05) is 6.42 Å². The smallest absolute Gasteiger partial charge is 0.193 e. The lowest BCUT2D eigenvalue weighted by atomic mass is 10.0. The quantitative estimate of drug-likeness (QED) is 0.377. The number of likely N-dealkylation sites (tertiary alicyclic amines) is 2. The number of nitrogens with zero attached hydrogens (tertiary/aromatic N) is 3. The Bertz CT molecular complexity index is 424. The molecule has 0 bridgehead atoms. The van der Waals surface area contributed by atoms with Crippen molar-refractivity contribution >= 4 is 5.96 Å². The Kier molecular flexibility index (Phi) is 10.5. The van der Waals surface area contributed by atoms with Gasteiger partial charge in [0.1, 0.15) is 0 Å². The van der Waals surface area contributed by atoms with Crippen LogP contribution in [0.25, 0.3) is 0 Å². The minimum Gasteiger partial charge on any atom is -0.385 e. The van der Waals surface area contributed by atoms with E-state index in [0.29, 0.717) is 18.2 Å². The van der Waals surface area contributed by atoms with Crippen LogP contribution in [-0.2, 0) is 9.47 Å². The summed E-state index contributed by atoms with van der Waals surface area (Å²) in [6.07, 6.45) is 7.55. The molecule has 2 heterocycles. The number of aliphatic imine (C=N–C) groups is 1. The van der Waals surface area contributed by atoms with E-state index >= 15 is 0 Å². The SMILES string of the molecule is CCNC(=NCC(C)N1CCCCC1C)N1CCC(OCCCOC)CC1. The van der Waals surface area contributed by atoms with Gasteiger partial charge in [-0.05, 0) is 59.4 Å². The molecule has 0 amide bonds. The zero-order valence-electron chi connectivity index (χ0n) is 18.1. The predicted molar refractivity (Wildman–Crippen MR) is 112 cm³/mol. The van der Waals surface area contributed by atoms with Crippen LogP contribution in [0.15, 0.2) is 4.99 Å². The molecule has 0 radical (unpaired) electrons. The maximum atomic E-state index is 5.99. The minimum absolute atomic E-state index is 0.383. The fourth-order valence-electron chi connectivity index (χ4n) is 4.21. The fraction of sp³-hybridized carbons (Fsp3) is 0.952. The first kappa shape index (κ1) is 22.4. The molecular weight excluding hydrogens is 340 g/mol. The Morgan fingerprint density at radius 3 is 2.59 bits per heavy atom. The average molecular weight is 383 g/mol. The molecule has 2 aliphatic heterocycles. The molecule has 6 heteroatoms. The van der Waals surface area contributed by atoms with Gasteiger partial charge in [-0.2, -0.15) is 0 Å². The molecule has 2 atom stereocenters. The summed E-state index contributed by atoms with van der Waals surface area (Å²) in [7, 11) is 1.74. The monoisotopic (exact) mass is 382 g/mol. The van der Waals surface area contributed by atoms with Crippen molar-refractivity contribution in [2.24, 2.45) is 4.99 Å². The van der Waals surface area contributed by atoms with Gasteiger partial charge in [-0.25, -0.2) is 0 Å². The Hall–Kier alpha value is -0.850. The molecule has 0 saturated carbocycles. The summed E-state index contributed by atoms with van der Waals surface area (Å²) in [6, 6.07) is 1.20. The van der Waals surface area contributed by atoms with Crippen molar-refractivity contribution in [2.75, 3.05) is 53.0 Å². The molecule has 6 nitrogen and oxygen atoms in total. The van der Waals surface area contributed by atoms with Crippen LogP contribution in [-0.4, -0.2) is 87.0 Å². The number of ether oxygens (including phenoxy) is 2. The number of nitrogens with one attached hydrogen (secondary N) is 1. The average Bonchev–Trinajstić information content (AvgIpc) is 2.69. The molecule has 27 heavy (non-hydrogen) atoms. The molecule has 2 rings (SSSR count). The van der Waals surface area contributed by atoms with Crippen LogP contribution in [0.1, 0.15) is 59.3 Å². The van der Waals surface area contributed by atoms with E-state index in [-0.39, 0.29) is 0 Å². The molecule has 2 aliphatic rings. The van der Waals surface area contributed by atoms with Gasteiger partial charge >= 0.3 is 0 Å². The third-order valence-corrected chi connectivity index (χ3v) is 5.85. The van der Waals surface area contributed by atoms with Crippen LogP contribution in [0, 0.1) is 0 Å². The van der Waals surface area contributed by atoms with Gasteiger partial charge in [0.05, 0.1) is 12.6 Å². The van der Waals surface area contributed by atoms with E-state index in [1.54, 1.807) is 7.11 Å². The second kappa shape index (κ2) is 12.6. The van der Waals surface area contributed by atoms with Crippen molar-refractivity contribution in [3.8, 4) is 0 Å². The normalized spacial score (nSPS) is 24.2. The summed E-state index contributed by atoms with van der Waals surface area (Å²) in [5, 5.41) is 3.50. The molecule has 2 unspecified atom stereocenters. The van der Waals surface area contributed by atoms with E-state index in [0.717, 1.165) is 64.6 Å². The van der Waals surface area contributed by atoms with Gasteiger partial charge in [0.25, 0.3) is 0 Å². The summed E-state index contributed by atoms with van der Waals surface area (Å²) in [4.78, 5) is 10.0. The van der Waals surface area contributed by atoms with Crippen molar-refractivity contribution in [2.45, 2.75) is 77.5 Å². The topological polar surface area (TPSA) is 49.3 Å². The Balaban J connectivity index is 1.79. The summed E-state index contributed by atoms with van der Waals surface area (Å²) >= 11 is 0. The summed E-state index contributed by atoms with van der Waals surface area (Å²) in [5.41, 5.74) is 0. The van der Waals surface area contributed by atoms with Gasteiger partial charge in [0.2, 0.25) is 0 Å². The highest BCUT2D eigenvalue weighted by Crippen LogP contribution is 2.19. The number of rotatable bonds is 9. The Labute approximate surface area is 166 Å². The van der Waals surface area contributed by atoms with Crippen LogP contribution in [0.5, 0.6) is 0 Å². The van der Waals surface area contributed by atoms with Crippen molar-refractivity contribution in [1.29, 1.82) is 0 Å². The van der Waals surface area contributed by atoms with Crippen LogP contribution < -0.4 is 5.32 Å². The number of methoxy groups -OCH3 is 1.